The van der Waals surface area contributed by atoms with Gasteiger partial charge >= 0.3 is 0 Å². The molecule has 1 aromatic heterocycles. The van der Waals surface area contributed by atoms with E-state index in [-0.39, 0.29) is 11.9 Å². The highest BCUT2D eigenvalue weighted by Gasteiger charge is 2.17. The molecule has 2 N–H and O–H groups in total. The van der Waals surface area contributed by atoms with Crippen LogP contribution in [0.1, 0.15) is 22.2 Å². The standard InChI is InChI=1S/C13H18N2OS2/c1-10(8-17-3)15(2)13(16)11-7-12(18-9-11)5-4-6-14/h7,9-10H,6,8,14H2,1-3H3. The Bertz CT molecular complexity index is 459. The first-order valence-corrected chi connectivity index (χ1v) is 7.91. The average Bonchev–Trinajstić information content (AvgIpc) is 2.83. The molecule has 0 aromatic carbocycles. The van der Waals surface area contributed by atoms with E-state index in [9.17, 15) is 4.79 Å². The second kappa shape index (κ2) is 7.47. The van der Waals surface area contributed by atoms with Crippen LogP contribution in [0, 0.1) is 11.8 Å². The monoisotopic (exact) mass is 282 g/mol. The lowest BCUT2D eigenvalue weighted by Crippen LogP contribution is -2.36. The van der Waals surface area contributed by atoms with Gasteiger partial charge in [-0.05, 0) is 19.2 Å². The van der Waals surface area contributed by atoms with E-state index in [1.165, 1.54) is 11.3 Å². The first-order valence-electron chi connectivity index (χ1n) is 5.63. The first kappa shape index (κ1) is 15.1. The van der Waals surface area contributed by atoms with Gasteiger partial charge in [0.25, 0.3) is 5.91 Å². The number of hydrogen-bond acceptors (Lipinski definition) is 4. The van der Waals surface area contributed by atoms with Crippen molar-refractivity contribution in [3.8, 4) is 11.8 Å². The molecule has 5 heteroatoms. The van der Waals surface area contributed by atoms with Gasteiger partial charge in [0.1, 0.15) is 0 Å². The van der Waals surface area contributed by atoms with Crippen molar-refractivity contribution in [1.82, 2.24) is 4.90 Å². The maximum absolute atomic E-state index is 12.2. The van der Waals surface area contributed by atoms with E-state index in [4.69, 9.17) is 5.73 Å². The van der Waals surface area contributed by atoms with Crippen molar-refractivity contribution in [3.05, 3.63) is 21.9 Å². The average molecular weight is 282 g/mol. The van der Waals surface area contributed by atoms with E-state index in [0.717, 1.165) is 10.6 Å². The molecule has 0 saturated heterocycles. The van der Waals surface area contributed by atoms with E-state index < -0.39 is 0 Å². The lowest BCUT2D eigenvalue weighted by Gasteiger charge is -2.23. The van der Waals surface area contributed by atoms with Gasteiger partial charge in [-0.2, -0.15) is 11.8 Å². The predicted molar refractivity (Wildman–Crippen MR) is 80.2 cm³/mol. The van der Waals surface area contributed by atoms with E-state index >= 15 is 0 Å². The summed E-state index contributed by atoms with van der Waals surface area (Å²) < 4.78 is 0. The zero-order valence-electron chi connectivity index (χ0n) is 10.9. The summed E-state index contributed by atoms with van der Waals surface area (Å²) in [7, 11) is 1.84. The van der Waals surface area contributed by atoms with Crippen LogP contribution in [0.3, 0.4) is 0 Å². The van der Waals surface area contributed by atoms with Gasteiger partial charge in [-0.3, -0.25) is 4.79 Å². The van der Waals surface area contributed by atoms with Gasteiger partial charge in [-0.15, -0.1) is 11.3 Å². The molecule has 0 aliphatic carbocycles. The molecular formula is C13H18N2OS2. The molecular weight excluding hydrogens is 264 g/mol. The Morgan fingerprint density at radius 1 is 1.67 bits per heavy atom. The molecule has 0 radical (unpaired) electrons. The number of thioether (sulfide) groups is 1. The number of nitrogens with zero attached hydrogens (tertiary/aromatic N) is 1. The summed E-state index contributed by atoms with van der Waals surface area (Å²) in [5, 5.41) is 1.85. The minimum absolute atomic E-state index is 0.0496. The quantitative estimate of drug-likeness (QED) is 0.858. The van der Waals surface area contributed by atoms with Crippen molar-refractivity contribution in [2.24, 2.45) is 5.73 Å². The van der Waals surface area contributed by atoms with Gasteiger partial charge in [0.15, 0.2) is 0 Å². The van der Waals surface area contributed by atoms with Crippen LogP contribution in [0.5, 0.6) is 0 Å². The van der Waals surface area contributed by atoms with Gasteiger partial charge < -0.3 is 10.6 Å². The Morgan fingerprint density at radius 2 is 2.39 bits per heavy atom. The van der Waals surface area contributed by atoms with Crippen LogP contribution < -0.4 is 5.73 Å². The molecule has 1 amide bonds. The summed E-state index contributed by atoms with van der Waals surface area (Å²) in [6.07, 6.45) is 2.04. The SMILES string of the molecule is CSCC(C)N(C)C(=O)c1csc(C#CCN)c1. The van der Waals surface area contributed by atoms with Gasteiger partial charge in [0.2, 0.25) is 0 Å². The molecule has 3 nitrogen and oxygen atoms in total. The van der Waals surface area contributed by atoms with Gasteiger partial charge in [-0.1, -0.05) is 11.8 Å². The van der Waals surface area contributed by atoms with E-state index in [0.29, 0.717) is 12.1 Å². The molecule has 18 heavy (non-hydrogen) atoms. The van der Waals surface area contributed by atoms with Crippen LogP contribution in [0.25, 0.3) is 0 Å². The molecule has 0 bridgehead atoms. The van der Waals surface area contributed by atoms with Crippen molar-refractivity contribution < 1.29 is 4.79 Å². The van der Waals surface area contributed by atoms with E-state index in [1.54, 1.807) is 16.7 Å². The fourth-order valence-corrected chi connectivity index (χ4v) is 2.86. The minimum atomic E-state index is 0.0496. The van der Waals surface area contributed by atoms with Crippen molar-refractivity contribution in [2.75, 3.05) is 25.6 Å². The van der Waals surface area contributed by atoms with Crippen molar-refractivity contribution in [2.45, 2.75) is 13.0 Å². The largest absolute Gasteiger partial charge is 0.338 e. The second-order valence-corrected chi connectivity index (χ2v) is 5.75. The molecule has 0 aliphatic heterocycles. The Morgan fingerprint density at radius 3 is 3.00 bits per heavy atom. The summed E-state index contributed by atoms with van der Waals surface area (Å²) in [6, 6.07) is 2.06. The Hall–Kier alpha value is -0.960. The second-order valence-electron chi connectivity index (χ2n) is 3.93. The minimum Gasteiger partial charge on any atom is -0.338 e. The van der Waals surface area contributed by atoms with Gasteiger partial charge in [0, 0.05) is 24.2 Å². The Kier molecular flexibility index (Phi) is 6.27. The highest BCUT2D eigenvalue weighted by Crippen LogP contribution is 2.16. The molecule has 1 heterocycles. The molecule has 0 fully saturated rings. The number of amides is 1. The molecule has 1 aromatic rings. The van der Waals surface area contributed by atoms with Crippen LogP contribution in [-0.4, -0.2) is 42.4 Å². The Balaban J connectivity index is 2.75. The number of nitrogens with two attached hydrogens (primary N) is 1. The zero-order valence-corrected chi connectivity index (χ0v) is 12.5. The topological polar surface area (TPSA) is 46.3 Å². The molecule has 0 saturated carbocycles. The Labute approximate surface area is 117 Å². The number of carbonyl (C=O) groups is 1. The zero-order chi connectivity index (χ0) is 13.5. The normalized spacial score (nSPS) is 11.6. The summed E-state index contributed by atoms with van der Waals surface area (Å²) in [4.78, 5) is 14.9. The molecule has 0 spiro atoms. The third kappa shape index (κ3) is 4.05. The molecule has 98 valence electrons. The lowest BCUT2D eigenvalue weighted by molar-refractivity contribution is 0.0758. The van der Waals surface area contributed by atoms with Crippen molar-refractivity contribution >= 4 is 29.0 Å². The third-order valence-electron chi connectivity index (χ3n) is 2.55. The number of rotatable bonds is 4. The number of carbonyl (C=O) groups excluding carboxylic acids is 1. The third-order valence-corrected chi connectivity index (χ3v) is 4.21. The number of hydrogen-bond donors (Lipinski definition) is 1. The van der Waals surface area contributed by atoms with Crippen LogP contribution in [-0.2, 0) is 0 Å². The van der Waals surface area contributed by atoms with E-state index in [2.05, 4.69) is 18.8 Å². The van der Waals surface area contributed by atoms with E-state index in [1.807, 2.05) is 24.7 Å². The summed E-state index contributed by atoms with van der Waals surface area (Å²) in [5.41, 5.74) is 6.02. The van der Waals surface area contributed by atoms with Crippen molar-refractivity contribution in [3.63, 3.8) is 0 Å². The predicted octanol–water partition coefficient (Wildman–Crippen LogP) is 1.88. The summed E-state index contributed by atoms with van der Waals surface area (Å²) in [6.45, 7) is 2.39. The van der Waals surface area contributed by atoms with Crippen molar-refractivity contribution in [1.29, 1.82) is 0 Å². The van der Waals surface area contributed by atoms with Crippen LogP contribution >= 0.6 is 23.1 Å². The molecule has 0 aliphatic rings. The van der Waals surface area contributed by atoms with Crippen LogP contribution in [0.4, 0.5) is 0 Å². The van der Waals surface area contributed by atoms with Crippen LogP contribution in [0.15, 0.2) is 11.4 Å². The van der Waals surface area contributed by atoms with Crippen LogP contribution in [0.2, 0.25) is 0 Å². The first-order chi connectivity index (χ1) is 8.60. The fourth-order valence-electron chi connectivity index (χ4n) is 1.41. The van der Waals surface area contributed by atoms with Gasteiger partial charge in [0.05, 0.1) is 17.0 Å². The molecule has 1 atom stereocenters. The maximum Gasteiger partial charge on any atom is 0.254 e. The highest BCUT2D eigenvalue weighted by atomic mass is 32.2. The summed E-state index contributed by atoms with van der Waals surface area (Å²) >= 11 is 3.22. The maximum atomic E-state index is 12.2. The fraction of sp³-hybridized carbons (Fsp3) is 0.462. The highest BCUT2D eigenvalue weighted by molar-refractivity contribution is 7.98. The smallest absolute Gasteiger partial charge is 0.254 e. The molecule has 1 rings (SSSR count). The number of thiophene rings is 1. The summed E-state index contributed by atoms with van der Waals surface area (Å²) in [5.74, 6) is 6.72. The van der Waals surface area contributed by atoms with Gasteiger partial charge in [-0.25, -0.2) is 0 Å². The molecule has 1 unspecified atom stereocenters. The lowest BCUT2D eigenvalue weighted by atomic mass is 10.2.